The van der Waals surface area contributed by atoms with E-state index in [9.17, 15) is 5.11 Å². The second-order valence-electron chi connectivity index (χ2n) is 3.38. The van der Waals surface area contributed by atoms with E-state index in [1.165, 1.54) is 0 Å². The average molecular weight is 213 g/mol. The first-order chi connectivity index (χ1) is 7.75. The first kappa shape index (κ1) is 10.3. The number of phenols is 1. The summed E-state index contributed by atoms with van der Waals surface area (Å²) in [4.78, 5) is 4.00. The summed E-state index contributed by atoms with van der Waals surface area (Å²) in [5.74, 6) is 0.641. The van der Waals surface area contributed by atoms with E-state index in [-0.39, 0.29) is 5.75 Å². The number of nitrogens with zero attached hydrogens (tertiary/aromatic N) is 3. The molecule has 0 spiro atoms. The molecule has 2 rings (SSSR count). The van der Waals surface area contributed by atoms with Crippen LogP contribution < -0.4 is 0 Å². The molecule has 80 valence electrons. The van der Waals surface area contributed by atoms with Crippen molar-refractivity contribution >= 4 is 11.5 Å². The van der Waals surface area contributed by atoms with Gasteiger partial charge >= 0.3 is 0 Å². The zero-order valence-corrected chi connectivity index (χ0v) is 8.83. The third-order valence-electron chi connectivity index (χ3n) is 2.04. The lowest BCUT2D eigenvalue weighted by molar-refractivity contribution is 0.476. The maximum absolute atomic E-state index is 9.60. The number of aromatic hydroxyl groups is 1. The molecule has 0 aliphatic heterocycles. The minimum absolute atomic E-state index is 0.125. The van der Waals surface area contributed by atoms with Crippen molar-refractivity contribution in [1.82, 2.24) is 4.98 Å². The van der Waals surface area contributed by atoms with Gasteiger partial charge in [-0.15, -0.1) is 10.2 Å². The quantitative estimate of drug-likeness (QED) is 0.776. The minimum Gasteiger partial charge on any atom is -0.506 e. The highest BCUT2D eigenvalue weighted by molar-refractivity contribution is 5.51. The lowest BCUT2D eigenvalue weighted by atomic mass is 10.2. The predicted molar refractivity (Wildman–Crippen MR) is 61.3 cm³/mol. The van der Waals surface area contributed by atoms with Gasteiger partial charge in [-0.3, -0.25) is 0 Å². The van der Waals surface area contributed by atoms with Crippen LogP contribution in [0.4, 0.5) is 11.5 Å². The van der Waals surface area contributed by atoms with E-state index >= 15 is 0 Å². The Morgan fingerprint density at radius 3 is 2.69 bits per heavy atom. The Kier molecular flexibility index (Phi) is 2.91. The number of aryl methyl sites for hydroxylation is 1. The lowest BCUT2D eigenvalue weighted by Crippen LogP contribution is -1.73. The number of hydrogen-bond donors (Lipinski definition) is 1. The number of phenolic OH excluding ortho intramolecular Hbond substituents is 1. The van der Waals surface area contributed by atoms with Gasteiger partial charge < -0.3 is 5.11 Å². The van der Waals surface area contributed by atoms with Crippen LogP contribution in [0.15, 0.2) is 52.8 Å². The molecule has 1 N–H and O–H groups in total. The van der Waals surface area contributed by atoms with Crippen molar-refractivity contribution in [2.24, 2.45) is 10.2 Å². The predicted octanol–water partition coefficient (Wildman–Crippen LogP) is 3.51. The Morgan fingerprint density at radius 2 is 2.00 bits per heavy atom. The molecule has 16 heavy (non-hydrogen) atoms. The number of hydrogen-bond acceptors (Lipinski definition) is 4. The molecule has 0 aliphatic carbocycles. The summed E-state index contributed by atoms with van der Waals surface area (Å²) in [6, 6.07) is 10.6. The van der Waals surface area contributed by atoms with Crippen LogP contribution in [0, 0.1) is 6.92 Å². The number of aromatic nitrogens is 1. The molecule has 1 heterocycles. The fourth-order valence-corrected chi connectivity index (χ4v) is 1.24. The summed E-state index contributed by atoms with van der Waals surface area (Å²) < 4.78 is 0. The lowest BCUT2D eigenvalue weighted by Gasteiger charge is -1.98. The van der Waals surface area contributed by atoms with Gasteiger partial charge in [0.05, 0.1) is 0 Å². The molecule has 0 saturated heterocycles. The smallest absolute Gasteiger partial charge is 0.174 e. The SMILES string of the molecule is Cc1ccc(N=Nc2ccccn2)c(O)c1. The molecule has 0 bridgehead atoms. The molecular formula is C12H11N3O. The molecule has 4 heteroatoms. The number of azo groups is 1. The normalized spacial score (nSPS) is 10.8. The standard InChI is InChI=1S/C12H11N3O/c1-9-5-6-10(11(16)8-9)14-15-12-4-2-3-7-13-12/h2-8,16H,1H3. The molecule has 4 nitrogen and oxygen atoms in total. The van der Waals surface area contributed by atoms with Crippen LogP contribution in [0.1, 0.15) is 5.56 Å². The van der Waals surface area contributed by atoms with Crippen molar-refractivity contribution in [3.8, 4) is 5.75 Å². The van der Waals surface area contributed by atoms with E-state index in [1.807, 2.05) is 25.1 Å². The number of benzene rings is 1. The summed E-state index contributed by atoms with van der Waals surface area (Å²) in [5, 5.41) is 17.4. The van der Waals surface area contributed by atoms with Crippen LogP contribution in [0.5, 0.6) is 5.75 Å². The van der Waals surface area contributed by atoms with Crippen molar-refractivity contribution in [2.75, 3.05) is 0 Å². The fourth-order valence-electron chi connectivity index (χ4n) is 1.24. The van der Waals surface area contributed by atoms with E-state index in [4.69, 9.17) is 0 Å². The number of rotatable bonds is 2. The summed E-state index contributed by atoms with van der Waals surface area (Å²) in [7, 11) is 0. The third-order valence-corrected chi connectivity index (χ3v) is 2.04. The van der Waals surface area contributed by atoms with Gasteiger partial charge in [-0.2, -0.15) is 0 Å². The zero-order chi connectivity index (χ0) is 11.4. The van der Waals surface area contributed by atoms with Crippen molar-refractivity contribution in [2.45, 2.75) is 6.92 Å². The molecule has 0 amide bonds. The Morgan fingerprint density at radius 1 is 1.12 bits per heavy atom. The summed E-state index contributed by atoms with van der Waals surface area (Å²) in [5.41, 5.74) is 1.42. The second kappa shape index (κ2) is 4.53. The van der Waals surface area contributed by atoms with Crippen LogP contribution in [0.2, 0.25) is 0 Å². The first-order valence-corrected chi connectivity index (χ1v) is 4.88. The van der Waals surface area contributed by atoms with Gasteiger partial charge in [0.1, 0.15) is 11.4 Å². The van der Waals surface area contributed by atoms with Crippen LogP contribution in [-0.4, -0.2) is 10.1 Å². The zero-order valence-electron chi connectivity index (χ0n) is 8.83. The Bertz CT molecular complexity index is 509. The fraction of sp³-hybridized carbons (Fsp3) is 0.0833. The van der Waals surface area contributed by atoms with Crippen molar-refractivity contribution in [3.63, 3.8) is 0 Å². The van der Waals surface area contributed by atoms with E-state index in [0.29, 0.717) is 11.5 Å². The van der Waals surface area contributed by atoms with Gasteiger partial charge in [-0.25, -0.2) is 4.98 Å². The molecule has 1 aromatic carbocycles. The van der Waals surface area contributed by atoms with E-state index in [2.05, 4.69) is 15.2 Å². The van der Waals surface area contributed by atoms with Gasteiger partial charge in [0.2, 0.25) is 0 Å². The van der Waals surface area contributed by atoms with Crippen LogP contribution in [0.25, 0.3) is 0 Å². The molecule has 0 aliphatic rings. The molecule has 0 saturated carbocycles. The van der Waals surface area contributed by atoms with Gasteiger partial charge in [0.25, 0.3) is 0 Å². The molecule has 0 atom stereocenters. The highest BCUT2D eigenvalue weighted by atomic mass is 16.3. The largest absolute Gasteiger partial charge is 0.506 e. The summed E-state index contributed by atoms with van der Waals surface area (Å²) in [6.07, 6.45) is 1.64. The molecule has 0 unspecified atom stereocenters. The maximum atomic E-state index is 9.60. The Hall–Kier alpha value is -2.23. The first-order valence-electron chi connectivity index (χ1n) is 4.88. The topological polar surface area (TPSA) is 57.8 Å². The van der Waals surface area contributed by atoms with Gasteiger partial charge in [0, 0.05) is 6.20 Å². The Labute approximate surface area is 93.3 Å². The number of pyridine rings is 1. The van der Waals surface area contributed by atoms with Crippen molar-refractivity contribution in [3.05, 3.63) is 48.2 Å². The van der Waals surface area contributed by atoms with Crippen LogP contribution in [0.3, 0.4) is 0 Å². The maximum Gasteiger partial charge on any atom is 0.174 e. The van der Waals surface area contributed by atoms with Gasteiger partial charge in [-0.05, 0) is 36.8 Å². The third kappa shape index (κ3) is 2.42. The molecule has 2 aromatic rings. The highest BCUT2D eigenvalue weighted by Crippen LogP contribution is 2.28. The summed E-state index contributed by atoms with van der Waals surface area (Å²) >= 11 is 0. The van der Waals surface area contributed by atoms with E-state index in [1.54, 1.807) is 24.4 Å². The van der Waals surface area contributed by atoms with Crippen molar-refractivity contribution in [1.29, 1.82) is 0 Å². The van der Waals surface area contributed by atoms with Crippen LogP contribution >= 0.6 is 0 Å². The van der Waals surface area contributed by atoms with Gasteiger partial charge in [0.15, 0.2) is 5.82 Å². The molecule has 1 aromatic heterocycles. The second-order valence-corrected chi connectivity index (χ2v) is 3.38. The molecule has 0 radical (unpaired) electrons. The molecular weight excluding hydrogens is 202 g/mol. The molecule has 0 fully saturated rings. The van der Waals surface area contributed by atoms with Gasteiger partial charge in [-0.1, -0.05) is 12.1 Å². The monoisotopic (exact) mass is 213 g/mol. The average Bonchev–Trinajstić information content (AvgIpc) is 2.29. The summed E-state index contributed by atoms with van der Waals surface area (Å²) in [6.45, 7) is 1.90. The minimum atomic E-state index is 0.125. The van der Waals surface area contributed by atoms with E-state index in [0.717, 1.165) is 5.56 Å². The van der Waals surface area contributed by atoms with Crippen molar-refractivity contribution < 1.29 is 5.11 Å². The van der Waals surface area contributed by atoms with E-state index < -0.39 is 0 Å². The highest BCUT2D eigenvalue weighted by Gasteiger charge is 1.99. The Balaban J connectivity index is 2.24. The van der Waals surface area contributed by atoms with Crippen LogP contribution in [-0.2, 0) is 0 Å².